The van der Waals surface area contributed by atoms with Crippen LogP contribution in [0.5, 0.6) is 0 Å². The third-order valence-electron chi connectivity index (χ3n) is 7.57. The molecule has 0 bridgehead atoms. The summed E-state index contributed by atoms with van der Waals surface area (Å²) in [7, 11) is 4.31. The molecule has 0 atom stereocenters. The predicted molar refractivity (Wildman–Crippen MR) is 146 cm³/mol. The SMILES string of the molecule is Cc1c(-c2cc(-n3c4ccccc4c4ccccc43)c3ccccc3[n+]2C)ccc2ccn(C)c12. The summed E-state index contributed by atoms with van der Waals surface area (Å²) in [5, 5.41) is 5.08. The third-order valence-corrected chi connectivity index (χ3v) is 7.57. The van der Waals surface area contributed by atoms with E-state index in [-0.39, 0.29) is 0 Å². The van der Waals surface area contributed by atoms with Crippen molar-refractivity contribution in [1.29, 1.82) is 0 Å². The monoisotopic (exact) mass is 452 g/mol. The number of pyridine rings is 1. The molecule has 0 aliphatic rings. The highest BCUT2D eigenvalue weighted by molar-refractivity contribution is 6.10. The fourth-order valence-corrected chi connectivity index (χ4v) is 5.91. The predicted octanol–water partition coefficient (Wildman–Crippen LogP) is 7.23. The normalized spacial score (nSPS) is 11.9. The molecule has 7 rings (SSSR count). The molecule has 3 heteroatoms. The van der Waals surface area contributed by atoms with Gasteiger partial charge in [0.05, 0.1) is 33.2 Å². The standard InChI is InChI=1S/C32H26N3/c1-21-23(17-16-22-18-19-33(2)32(21)22)30-20-31(26-12-6-7-13-27(26)34(30)3)35-28-14-8-4-10-24(28)25-11-5-9-15-29(25)35/h4-20H,1-3H3/q+1. The Balaban J connectivity index is 1.64. The Morgan fingerprint density at radius 3 is 2.03 bits per heavy atom. The Labute approximate surface area is 204 Å². The summed E-state index contributed by atoms with van der Waals surface area (Å²) < 4.78 is 7.00. The van der Waals surface area contributed by atoms with Gasteiger partial charge in [-0.15, -0.1) is 0 Å². The van der Waals surface area contributed by atoms with Gasteiger partial charge in [0, 0.05) is 36.1 Å². The van der Waals surface area contributed by atoms with Crippen LogP contribution in [0.15, 0.2) is 103 Å². The van der Waals surface area contributed by atoms with Gasteiger partial charge in [0.2, 0.25) is 11.2 Å². The van der Waals surface area contributed by atoms with Gasteiger partial charge < -0.3 is 9.13 Å². The highest BCUT2D eigenvalue weighted by Gasteiger charge is 2.23. The molecule has 0 saturated carbocycles. The smallest absolute Gasteiger partial charge is 0.215 e. The molecule has 0 unspecified atom stereocenters. The number of hydrogen-bond donors (Lipinski definition) is 0. The summed E-state index contributed by atoms with van der Waals surface area (Å²) in [5.41, 5.74) is 9.94. The van der Waals surface area contributed by atoms with E-state index in [1.165, 1.54) is 66.1 Å². The summed E-state index contributed by atoms with van der Waals surface area (Å²) in [4.78, 5) is 0. The van der Waals surface area contributed by atoms with Gasteiger partial charge in [0.25, 0.3) is 0 Å². The van der Waals surface area contributed by atoms with Gasteiger partial charge in [0.15, 0.2) is 0 Å². The van der Waals surface area contributed by atoms with Gasteiger partial charge in [-0.3, -0.25) is 0 Å². The van der Waals surface area contributed by atoms with Crippen LogP contribution in [0.2, 0.25) is 0 Å². The molecule has 35 heavy (non-hydrogen) atoms. The Morgan fingerprint density at radius 2 is 1.31 bits per heavy atom. The number of aromatic nitrogens is 3. The molecule has 3 heterocycles. The van der Waals surface area contributed by atoms with Crippen LogP contribution in [0.1, 0.15) is 5.56 Å². The highest BCUT2D eigenvalue weighted by Crippen LogP contribution is 2.36. The Kier molecular flexibility index (Phi) is 4.19. The van der Waals surface area contributed by atoms with Crippen LogP contribution >= 0.6 is 0 Å². The number of hydrogen-bond acceptors (Lipinski definition) is 0. The minimum atomic E-state index is 1.21. The van der Waals surface area contributed by atoms with Gasteiger partial charge in [0.1, 0.15) is 7.05 Å². The van der Waals surface area contributed by atoms with Crippen LogP contribution in [-0.4, -0.2) is 9.13 Å². The molecule has 0 aliphatic carbocycles. The van der Waals surface area contributed by atoms with Crippen molar-refractivity contribution in [1.82, 2.24) is 9.13 Å². The molecule has 3 nitrogen and oxygen atoms in total. The van der Waals surface area contributed by atoms with Crippen molar-refractivity contribution in [2.24, 2.45) is 14.1 Å². The van der Waals surface area contributed by atoms with E-state index in [2.05, 4.69) is 138 Å². The van der Waals surface area contributed by atoms with Crippen LogP contribution in [0.4, 0.5) is 0 Å². The second kappa shape index (κ2) is 7.31. The first-order chi connectivity index (χ1) is 17.1. The maximum atomic E-state index is 2.44. The minimum absolute atomic E-state index is 1.21. The zero-order valence-electron chi connectivity index (χ0n) is 20.2. The molecule has 0 N–H and O–H groups in total. The maximum Gasteiger partial charge on any atom is 0.215 e. The summed E-state index contributed by atoms with van der Waals surface area (Å²) in [6.07, 6.45) is 2.14. The molecule has 0 amide bonds. The van der Waals surface area contributed by atoms with Crippen molar-refractivity contribution in [3.8, 4) is 16.9 Å². The zero-order chi connectivity index (χ0) is 23.7. The molecule has 0 fully saturated rings. The van der Waals surface area contributed by atoms with Crippen LogP contribution in [0, 0.1) is 6.92 Å². The Morgan fingerprint density at radius 1 is 0.686 bits per heavy atom. The van der Waals surface area contributed by atoms with Gasteiger partial charge in [-0.05, 0) is 48.2 Å². The van der Waals surface area contributed by atoms with Crippen molar-refractivity contribution in [3.05, 3.63) is 109 Å². The Bertz CT molecular complexity index is 1880. The number of para-hydroxylation sites is 3. The minimum Gasteiger partial charge on any atom is -0.350 e. The lowest BCUT2D eigenvalue weighted by Gasteiger charge is -2.14. The van der Waals surface area contributed by atoms with Crippen LogP contribution in [0.25, 0.3) is 60.6 Å². The second-order valence-corrected chi connectivity index (χ2v) is 9.46. The highest BCUT2D eigenvalue weighted by atomic mass is 15.0. The van der Waals surface area contributed by atoms with Crippen LogP contribution < -0.4 is 4.57 Å². The van der Waals surface area contributed by atoms with Gasteiger partial charge in [-0.2, -0.15) is 4.57 Å². The van der Waals surface area contributed by atoms with Gasteiger partial charge in [-0.1, -0.05) is 54.6 Å². The fraction of sp³-hybridized carbons (Fsp3) is 0.0938. The van der Waals surface area contributed by atoms with E-state index < -0.39 is 0 Å². The van der Waals surface area contributed by atoms with E-state index in [0.29, 0.717) is 0 Å². The summed E-state index contributed by atoms with van der Waals surface area (Å²) >= 11 is 0. The van der Waals surface area contributed by atoms with Gasteiger partial charge >= 0.3 is 0 Å². The maximum absolute atomic E-state index is 2.44. The molecule has 0 aliphatic heterocycles. The molecule has 7 aromatic rings. The summed E-state index contributed by atoms with van der Waals surface area (Å²) in [6, 6.07) is 35.3. The number of aryl methyl sites for hydroxylation is 3. The first-order valence-electron chi connectivity index (χ1n) is 12.1. The van der Waals surface area contributed by atoms with Crippen LogP contribution in [0.3, 0.4) is 0 Å². The lowest BCUT2D eigenvalue weighted by atomic mass is 10.00. The first kappa shape index (κ1) is 20.0. The number of nitrogens with zero attached hydrogens (tertiary/aromatic N) is 3. The zero-order valence-corrected chi connectivity index (χ0v) is 20.2. The van der Waals surface area contributed by atoms with Crippen LogP contribution in [-0.2, 0) is 14.1 Å². The molecular formula is C32H26N3+. The van der Waals surface area contributed by atoms with E-state index in [1.54, 1.807) is 0 Å². The molecule has 3 aromatic heterocycles. The van der Waals surface area contributed by atoms with Crippen molar-refractivity contribution >= 4 is 43.6 Å². The molecule has 4 aromatic carbocycles. The fourth-order valence-electron chi connectivity index (χ4n) is 5.91. The quantitative estimate of drug-likeness (QED) is 0.246. The van der Waals surface area contributed by atoms with Crippen molar-refractivity contribution in [2.45, 2.75) is 6.92 Å². The first-order valence-corrected chi connectivity index (χ1v) is 12.1. The number of benzene rings is 4. The lowest BCUT2D eigenvalue weighted by Crippen LogP contribution is -2.32. The average molecular weight is 453 g/mol. The molecule has 168 valence electrons. The number of fused-ring (bicyclic) bond motifs is 5. The molecular weight excluding hydrogens is 426 g/mol. The van der Waals surface area contributed by atoms with Crippen molar-refractivity contribution in [2.75, 3.05) is 0 Å². The van der Waals surface area contributed by atoms with E-state index >= 15 is 0 Å². The van der Waals surface area contributed by atoms with E-state index in [4.69, 9.17) is 0 Å². The van der Waals surface area contributed by atoms with Gasteiger partial charge in [-0.25, -0.2) is 0 Å². The lowest BCUT2D eigenvalue weighted by molar-refractivity contribution is -0.633. The number of rotatable bonds is 2. The third kappa shape index (κ3) is 2.75. The topological polar surface area (TPSA) is 13.7 Å². The largest absolute Gasteiger partial charge is 0.350 e. The molecule has 0 radical (unpaired) electrons. The average Bonchev–Trinajstić information content (AvgIpc) is 3.44. The molecule has 0 spiro atoms. The van der Waals surface area contributed by atoms with E-state index in [9.17, 15) is 0 Å². The van der Waals surface area contributed by atoms with E-state index in [0.717, 1.165) is 0 Å². The van der Waals surface area contributed by atoms with Crippen molar-refractivity contribution < 1.29 is 4.57 Å². The summed E-state index contributed by atoms with van der Waals surface area (Å²) in [6.45, 7) is 2.24. The van der Waals surface area contributed by atoms with E-state index in [1.807, 2.05) is 0 Å². The second-order valence-electron chi connectivity index (χ2n) is 9.46. The van der Waals surface area contributed by atoms with Crippen molar-refractivity contribution in [3.63, 3.8) is 0 Å². The summed E-state index contributed by atoms with van der Waals surface area (Å²) in [5.74, 6) is 0. The molecule has 0 saturated heterocycles. The Hall–Kier alpha value is -4.37.